The fourth-order valence-electron chi connectivity index (χ4n) is 3.79. The molecule has 13 heteroatoms. The Hall–Kier alpha value is -3.25. The molecule has 39 heavy (non-hydrogen) atoms. The second-order valence-corrected chi connectivity index (χ2v) is 10.8. The van der Waals surface area contributed by atoms with Gasteiger partial charge < -0.3 is 15.7 Å². The number of nitrogens with zero attached hydrogens (tertiary/aromatic N) is 3. The molecule has 2 aromatic carbocycles. The Kier molecular flexibility index (Phi) is 9.06. The molecular weight excluding hydrogens is 677 g/mol. The van der Waals surface area contributed by atoms with Gasteiger partial charge in [-0.05, 0) is 64.3 Å². The van der Waals surface area contributed by atoms with E-state index < -0.39 is 23.8 Å². The summed E-state index contributed by atoms with van der Waals surface area (Å²) in [6.07, 6.45) is 1.54. The van der Waals surface area contributed by atoms with E-state index in [-0.39, 0.29) is 39.2 Å². The van der Waals surface area contributed by atoms with Crippen molar-refractivity contribution in [3.8, 4) is 5.82 Å². The van der Waals surface area contributed by atoms with Crippen molar-refractivity contribution in [1.82, 2.24) is 20.1 Å². The first-order chi connectivity index (χ1) is 18.5. The summed E-state index contributed by atoms with van der Waals surface area (Å²) < 4.78 is 2.34. The number of amides is 2. The number of hydrogen-bond donors (Lipinski definition) is 3. The molecule has 0 saturated heterocycles. The first-order valence-electron chi connectivity index (χ1n) is 11.3. The molecular formula is C26H19Br2Cl2N5O4. The zero-order valence-electron chi connectivity index (χ0n) is 20.1. The van der Waals surface area contributed by atoms with Crippen molar-refractivity contribution in [2.75, 3.05) is 5.32 Å². The minimum Gasteiger partial charge on any atom is -0.480 e. The van der Waals surface area contributed by atoms with Crippen molar-refractivity contribution in [1.29, 1.82) is 0 Å². The number of anilines is 1. The van der Waals surface area contributed by atoms with Crippen LogP contribution in [0.3, 0.4) is 0 Å². The van der Waals surface area contributed by atoms with Gasteiger partial charge in [0.25, 0.3) is 11.8 Å². The van der Waals surface area contributed by atoms with Crippen LogP contribution in [0.15, 0.2) is 69.9 Å². The van der Waals surface area contributed by atoms with Crippen molar-refractivity contribution < 1.29 is 19.5 Å². The van der Waals surface area contributed by atoms with Crippen LogP contribution >= 0.6 is 55.1 Å². The molecule has 0 radical (unpaired) electrons. The Morgan fingerprint density at radius 1 is 1.05 bits per heavy atom. The topological polar surface area (TPSA) is 126 Å². The summed E-state index contributed by atoms with van der Waals surface area (Å²) >= 11 is 19.2. The largest absolute Gasteiger partial charge is 0.480 e. The van der Waals surface area contributed by atoms with Crippen LogP contribution in [0.2, 0.25) is 10.0 Å². The number of aliphatic carboxylic acids is 1. The van der Waals surface area contributed by atoms with Gasteiger partial charge in [0.2, 0.25) is 0 Å². The minimum absolute atomic E-state index is 0.00673. The number of pyridine rings is 1. The fraction of sp³-hybridized carbons (Fsp3) is 0.115. The molecule has 4 rings (SSSR count). The van der Waals surface area contributed by atoms with E-state index in [0.29, 0.717) is 20.2 Å². The number of hydrogen-bond acceptors (Lipinski definition) is 5. The Morgan fingerprint density at radius 2 is 1.79 bits per heavy atom. The zero-order valence-corrected chi connectivity index (χ0v) is 24.8. The summed E-state index contributed by atoms with van der Waals surface area (Å²) in [4.78, 5) is 43.0. The Bertz CT molecular complexity index is 1590. The number of carbonyl (C=O) groups is 3. The van der Waals surface area contributed by atoms with Crippen molar-refractivity contribution in [2.24, 2.45) is 0 Å². The van der Waals surface area contributed by atoms with Crippen LogP contribution in [0.4, 0.5) is 5.69 Å². The molecule has 9 nitrogen and oxygen atoms in total. The molecule has 2 aromatic heterocycles. The van der Waals surface area contributed by atoms with E-state index in [0.717, 1.165) is 0 Å². The number of carboxylic acid groups (broad SMARTS) is 1. The predicted molar refractivity (Wildman–Crippen MR) is 155 cm³/mol. The summed E-state index contributed by atoms with van der Waals surface area (Å²) in [5, 5.41) is 19.9. The van der Waals surface area contributed by atoms with Gasteiger partial charge in [0.15, 0.2) is 5.82 Å². The first-order valence-corrected chi connectivity index (χ1v) is 13.6. The van der Waals surface area contributed by atoms with E-state index >= 15 is 0 Å². The highest BCUT2D eigenvalue weighted by Gasteiger charge is 2.26. The number of carboxylic acids is 1. The SMILES string of the molecule is Cc1cc(Cl)cc(C(=O)NC(Cc2ccccc2Br)C(=O)O)c1NC(=O)c1cc(Br)nn1-c1ncccc1Cl. The first kappa shape index (κ1) is 28.8. The van der Waals surface area contributed by atoms with Crippen molar-refractivity contribution in [2.45, 2.75) is 19.4 Å². The van der Waals surface area contributed by atoms with Crippen molar-refractivity contribution in [3.63, 3.8) is 0 Å². The molecule has 3 N–H and O–H groups in total. The second kappa shape index (κ2) is 12.3. The normalized spacial score (nSPS) is 11.6. The van der Waals surface area contributed by atoms with E-state index in [9.17, 15) is 19.5 Å². The minimum atomic E-state index is -1.25. The predicted octanol–water partition coefficient (Wildman–Crippen LogP) is 6.09. The Labute approximate surface area is 249 Å². The number of halogens is 4. The molecule has 1 atom stereocenters. The van der Waals surface area contributed by atoms with Gasteiger partial charge in [0.1, 0.15) is 16.3 Å². The van der Waals surface area contributed by atoms with Gasteiger partial charge >= 0.3 is 5.97 Å². The van der Waals surface area contributed by atoms with Crippen LogP contribution < -0.4 is 10.6 Å². The average molecular weight is 696 g/mol. The highest BCUT2D eigenvalue weighted by atomic mass is 79.9. The van der Waals surface area contributed by atoms with E-state index in [1.54, 1.807) is 49.4 Å². The van der Waals surface area contributed by atoms with Gasteiger partial charge in [-0.3, -0.25) is 9.59 Å². The summed E-state index contributed by atoms with van der Waals surface area (Å²) in [6, 6.07) is 13.5. The maximum atomic E-state index is 13.4. The van der Waals surface area contributed by atoms with Crippen molar-refractivity contribution >= 4 is 78.5 Å². The number of aryl methyl sites for hydroxylation is 1. The van der Waals surface area contributed by atoms with E-state index in [1.807, 2.05) is 0 Å². The molecule has 0 bridgehead atoms. The molecule has 200 valence electrons. The molecule has 0 saturated carbocycles. The van der Waals surface area contributed by atoms with Crippen LogP contribution in [0, 0.1) is 6.92 Å². The maximum absolute atomic E-state index is 13.4. The lowest BCUT2D eigenvalue weighted by Crippen LogP contribution is -2.42. The molecule has 0 spiro atoms. The average Bonchev–Trinajstić information content (AvgIpc) is 3.27. The Morgan fingerprint density at radius 3 is 2.49 bits per heavy atom. The van der Waals surface area contributed by atoms with Crippen LogP contribution in [0.25, 0.3) is 5.82 Å². The van der Waals surface area contributed by atoms with Crippen LogP contribution in [-0.4, -0.2) is 43.7 Å². The molecule has 4 aromatic rings. The number of rotatable bonds is 8. The standard InChI is InChI=1S/C26H19Br2Cl2N5O4/c1-13-9-15(29)11-16(24(36)32-19(26(38)39)10-14-5-2-3-6-17(14)27)22(13)33-25(37)20-12-21(28)34-35(20)23-18(30)7-4-8-31-23/h2-9,11-12,19H,10H2,1H3,(H,32,36)(H,33,37)(H,38,39). The number of aromatic nitrogens is 3. The summed E-state index contributed by atoms with van der Waals surface area (Å²) in [5.41, 5.74) is 1.42. The molecule has 2 heterocycles. The van der Waals surface area contributed by atoms with E-state index in [1.165, 1.54) is 23.0 Å². The van der Waals surface area contributed by atoms with E-state index in [4.69, 9.17) is 23.2 Å². The van der Waals surface area contributed by atoms with Crippen LogP contribution in [0.1, 0.15) is 32.0 Å². The van der Waals surface area contributed by atoms with Gasteiger partial charge in [-0.1, -0.05) is 57.3 Å². The highest BCUT2D eigenvalue weighted by molar-refractivity contribution is 9.10. The third-order valence-corrected chi connectivity index (χ3v) is 7.29. The number of benzene rings is 2. The molecule has 2 amide bonds. The lowest BCUT2D eigenvalue weighted by Gasteiger charge is -2.19. The van der Waals surface area contributed by atoms with Crippen LogP contribution in [0.5, 0.6) is 0 Å². The molecule has 0 aliphatic heterocycles. The quantitative estimate of drug-likeness (QED) is 0.205. The monoisotopic (exact) mass is 693 g/mol. The third kappa shape index (κ3) is 6.67. The lowest BCUT2D eigenvalue weighted by molar-refractivity contribution is -0.139. The second-order valence-electron chi connectivity index (χ2n) is 8.33. The van der Waals surface area contributed by atoms with Gasteiger partial charge in [0, 0.05) is 28.2 Å². The molecule has 0 aliphatic carbocycles. The van der Waals surface area contributed by atoms with Gasteiger partial charge in [0.05, 0.1) is 16.3 Å². The zero-order chi connectivity index (χ0) is 28.3. The fourth-order valence-corrected chi connectivity index (χ4v) is 5.09. The van der Waals surface area contributed by atoms with E-state index in [2.05, 4.69) is 52.6 Å². The Balaban J connectivity index is 1.65. The van der Waals surface area contributed by atoms with Gasteiger partial charge in [-0.15, -0.1) is 0 Å². The molecule has 0 fully saturated rings. The van der Waals surface area contributed by atoms with Crippen molar-refractivity contribution in [3.05, 3.63) is 102 Å². The van der Waals surface area contributed by atoms with Crippen LogP contribution in [-0.2, 0) is 11.2 Å². The molecule has 0 aliphatic rings. The highest BCUT2D eigenvalue weighted by Crippen LogP contribution is 2.28. The summed E-state index contributed by atoms with van der Waals surface area (Å²) in [5.74, 6) is -2.32. The number of carbonyl (C=O) groups excluding carboxylic acids is 2. The molecule has 1 unspecified atom stereocenters. The maximum Gasteiger partial charge on any atom is 0.326 e. The summed E-state index contributed by atoms with van der Waals surface area (Å²) in [6.45, 7) is 1.66. The number of nitrogens with one attached hydrogen (secondary N) is 2. The summed E-state index contributed by atoms with van der Waals surface area (Å²) in [7, 11) is 0. The lowest BCUT2D eigenvalue weighted by atomic mass is 10.0. The van der Waals surface area contributed by atoms with Gasteiger partial charge in [-0.25, -0.2) is 14.5 Å². The van der Waals surface area contributed by atoms with Gasteiger partial charge in [-0.2, -0.15) is 5.10 Å². The smallest absolute Gasteiger partial charge is 0.326 e. The third-order valence-electron chi connectivity index (χ3n) is 5.62.